The quantitative estimate of drug-likeness (QED) is 0.727. The summed E-state index contributed by atoms with van der Waals surface area (Å²) in [6.07, 6.45) is 2.58. The van der Waals surface area contributed by atoms with E-state index in [1.165, 1.54) is 29.3 Å². The van der Waals surface area contributed by atoms with Gasteiger partial charge in [-0.15, -0.1) is 0 Å². The molecule has 1 aliphatic rings. The number of nitrogens with zero attached hydrogens (tertiary/aromatic N) is 1. The van der Waals surface area contributed by atoms with Gasteiger partial charge in [-0.3, -0.25) is 4.98 Å². The number of hydrogen-bond donors (Lipinski definition) is 0. The van der Waals surface area contributed by atoms with Gasteiger partial charge in [0.1, 0.15) is 0 Å². The molecule has 0 saturated carbocycles. The van der Waals surface area contributed by atoms with Crippen molar-refractivity contribution in [2.24, 2.45) is 0 Å². The topological polar surface area (TPSA) is 14.1 Å². The average Bonchev–Trinajstić information content (AvgIpc) is 2.50. The minimum Gasteiger partial charge on any atom is -0.259 e. The van der Waals surface area contributed by atoms with E-state index < -0.39 is 8.24 Å². The Hall–Kier alpha value is -1.38. The van der Waals surface area contributed by atoms with Gasteiger partial charge in [0.2, 0.25) is 8.24 Å². The van der Waals surface area contributed by atoms with Crippen molar-refractivity contribution in [3.63, 3.8) is 0 Å². The zero-order valence-electron chi connectivity index (χ0n) is 10.5. The maximum atomic E-state index is 5.14. The molecule has 2 aromatic rings. The number of rotatable bonds is 2. The van der Waals surface area contributed by atoms with Gasteiger partial charge in [-0.25, -0.2) is 0 Å². The van der Waals surface area contributed by atoms with Crippen LogP contribution in [0.4, 0.5) is 0 Å². The van der Waals surface area contributed by atoms with E-state index >= 15 is 0 Å². The fourth-order valence-corrected chi connectivity index (χ4v) is 7.13. The molecule has 0 amide bonds. The molecule has 1 aliphatic heterocycles. The van der Waals surface area contributed by atoms with Crippen LogP contribution in [0.1, 0.15) is 12.8 Å². The Morgan fingerprint density at radius 3 is 1.72 bits per heavy atom. The maximum absolute atomic E-state index is 5.14. The Bertz CT molecular complexity index is 448. The average molecular weight is 252 g/mol. The monoisotopic (exact) mass is 252 g/mol. The molecule has 0 N–H and O–H groups in total. The lowest BCUT2D eigenvalue weighted by Crippen LogP contribution is -2.66. The van der Waals surface area contributed by atoms with Crippen LogP contribution >= 0.6 is 0 Å². The highest BCUT2D eigenvalue weighted by molar-refractivity contribution is 7.00. The summed E-state index contributed by atoms with van der Waals surface area (Å²) < 4.78 is 0. The second-order valence-corrected chi connectivity index (χ2v) is 8.62. The Kier molecular flexibility index (Phi) is 3.30. The molecule has 0 aliphatic carbocycles. The van der Waals surface area contributed by atoms with Gasteiger partial charge in [-0.2, -0.15) is 0 Å². The third kappa shape index (κ3) is 2.02. The van der Waals surface area contributed by atoms with Crippen molar-refractivity contribution < 1.29 is 0 Å². The Morgan fingerprint density at radius 2 is 1.28 bits per heavy atom. The van der Waals surface area contributed by atoms with E-state index in [0.717, 1.165) is 6.54 Å². The lowest BCUT2D eigenvalue weighted by molar-refractivity contribution is 0.697. The van der Waals surface area contributed by atoms with Gasteiger partial charge in [0.15, 0.2) is 0 Å². The first kappa shape index (κ1) is 11.7. The highest BCUT2D eigenvalue weighted by atomic mass is 28.3. The molecule has 3 rings (SSSR count). The first-order valence-corrected chi connectivity index (χ1v) is 8.87. The zero-order valence-corrected chi connectivity index (χ0v) is 11.5. The van der Waals surface area contributed by atoms with E-state index in [0.29, 0.717) is 0 Å². The Labute approximate surface area is 110 Å². The molecular weight excluding hydrogens is 234 g/mol. The van der Waals surface area contributed by atoms with E-state index in [4.69, 9.17) is 4.98 Å². The molecular formula is C16H18NSi. The molecule has 0 atom stereocenters. The second-order valence-electron chi connectivity index (χ2n) is 4.93. The second kappa shape index (κ2) is 5.08. The summed E-state index contributed by atoms with van der Waals surface area (Å²) in [5, 5.41) is 2.94. The highest BCUT2D eigenvalue weighted by Crippen LogP contribution is 2.18. The standard InChI is InChI=1S/C16H18NSi/c1-3-9-15(10-4-1)18(14-8-7-13-17-18)16-11-5-2-6-12-16/h1-6,9-12H,7-8,13-14H2. The molecule has 1 saturated heterocycles. The molecule has 0 aromatic heterocycles. The third-order valence-corrected chi connectivity index (χ3v) is 8.25. The predicted octanol–water partition coefficient (Wildman–Crippen LogP) is 2.14. The van der Waals surface area contributed by atoms with E-state index in [-0.39, 0.29) is 0 Å². The summed E-state index contributed by atoms with van der Waals surface area (Å²) in [4.78, 5) is 5.14. The molecule has 2 heteroatoms. The summed E-state index contributed by atoms with van der Waals surface area (Å²) in [6, 6.07) is 23.1. The summed E-state index contributed by atoms with van der Waals surface area (Å²) >= 11 is 0. The molecule has 0 spiro atoms. The van der Waals surface area contributed by atoms with Gasteiger partial charge < -0.3 is 0 Å². The molecule has 0 bridgehead atoms. The van der Waals surface area contributed by atoms with Gasteiger partial charge in [0.05, 0.1) is 0 Å². The minimum absolute atomic E-state index is 1.04. The van der Waals surface area contributed by atoms with Crippen LogP contribution in [0.3, 0.4) is 0 Å². The van der Waals surface area contributed by atoms with Crippen LogP contribution in [0.25, 0.3) is 0 Å². The molecule has 1 heterocycles. The van der Waals surface area contributed by atoms with E-state index in [9.17, 15) is 0 Å². The normalized spacial score (nSPS) is 18.4. The fraction of sp³-hybridized carbons (Fsp3) is 0.250. The molecule has 0 unspecified atom stereocenters. The molecule has 91 valence electrons. The maximum Gasteiger partial charge on any atom is 0.206 e. The summed E-state index contributed by atoms with van der Waals surface area (Å²) in [7, 11) is -1.81. The van der Waals surface area contributed by atoms with Crippen LogP contribution in [0.15, 0.2) is 60.7 Å². The summed E-state index contributed by atoms with van der Waals surface area (Å²) in [5.74, 6) is 0. The SMILES string of the molecule is c1ccc([Si]2(c3ccccc3)CCCC[N]2)cc1. The number of hydrogen-bond acceptors (Lipinski definition) is 0. The van der Waals surface area contributed by atoms with Gasteiger partial charge in [-0.05, 0) is 22.8 Å². The van der Waals surface area contributed by atoms with Crippen molar-refractivity contribution in [3.8, 4) is 0 Å². The van der Waals surface area contributed by atoms with Gasteiger partial charge in [0, 0.05) is 6.54 Å². The van der Waals surface area contributed by atoms with E-state index in [2.05, 4.69) is 60.7 Å². The predicted molar refractivity (Wildman–Crippen MR) is 78.9 cm³/mol. The van der Waals surface area contributed by atoms with Crippen molar-refractivity contribution in [3.05, 3.63) is 60.7 Å². The third-order valence-electron chi connectivity index (χ3n) is 3.83. The van der Waals surface area contributed by atoms with E-state index in [1.807, 2.05) is 0 Å². The minimum atomic E-state index is -1.81. The molecule has 1 fully saturated rings. The van der Waals surface area contributed by atoms with Crippen LogP contribution in [0.5, 0.6) is 0 Å². The fourth-order valence-electron chi connectivity index (χ4n) is 2.91. The van der Waals surface area contributed by atoms with Gasteiger partial charge in [-0.1, -0.05) is 67.1 Å². The number of benzene rings is 2. The van der Waals surface area contributed by atoms with Gasteiger partial charge in [0.25, 0.3) is 0 Å². The van der Waals surface area contributed by atoms with Gasteiger partial charge >= 0.3 is 0 Å². The molecule has 2 aromatic carbocycles. The van der Waals surface area contributed by atoms with Crippen LogP contribution < -0.4 is 15.4 Å². The van der Waals surface area contributed by atoms with Crippen molar-refractivity contribution in [1.29, 1.82) is 0 Å². The first-order chi connectivity index (χ1) is 8.92. The first-order valence-electron chi connectivity index (χ1n) is 6.71. The summed E-state index contributed by atoms with van der Waals surface area (Å²) in [5.41, 5.74) is 0. The van der Waals surface area contributed by atoms with Crippen molar-refractivity contribution in [2.75, 3.05) is 6.54 Å². The Morgan fingerprint density at radius 1 is 0.722 bits per heavy atom. The van der Waals surface area contributed by atoms with Crippen LogP contribution in [-0.4, -0.2) is 14.8 Å². The van der Waals surface area contributed by atoms with Crippen molar-refractivity contribution >= 4 is 18.6 Å². The van der Waals surface area contributed by atoms with Crippen molar-refractivity contribution in [1.82, 2.24) is 4.98 Å². The zero-order chi connectivity index (χ0) is 12.3. The van der Waals surface area contributed by atoms with Crippen molar-refractivity contribution in [2.45, 2.75) is 18.9 Å². The largest absolute Gasteiger partial charge is 0.259 e. The lowest BCUT2D eigenvalue weighted by atomic mass is 10.3. The summed E-state index contributed by atoms with van der Waals surface area (Å²) in [6.45, 7) is 1.04. The molecule has 1 nitrogen and oxygen atoms in total. The Balaban J connectivity index is 2.10. The lowest BCUT2D eigenvalue weighted by Gasteiger charge is -2.35. The van der Waals surface area contributed by atoms with E-state index in [1.54, 1.807) is 0 Å². The van der Waals surface area contributed by atoms with Crippen LogP contribution in [-0.2, 0) is 0 Å². The molecule has 1 radical (unpaired) electrons. The highest BCUT2D eigenvalue weighted by Gasteiger charge is 2.39. The van der Waals surface area contributed by atoms with Crippen LogP contribution in [0.2, 0.25) is 6.04 Å². The molecule has 18 heavy (non-hydrogen) atoms. The van der Waals surface area contributed by atoms with Crippen LogP contribution in [0, 0.1) is 0 Å². The smallest absolute Gasteiger partial charge is 0.206 e.